The molecule has 1 aromatic carbocycles. The number of para-hydroxylation sites is 1. The fourth-order valence-electron chi connectivity index (χ4n) is 3.95. The van der Waals surface area contributed by atoms with Crippen LogP contribution in [0.1, 0.15) is 49.4 Å². The molecular weight excluding hydrogens is 478 g/mol. The monoisotopic (exact) mass is 508 g/mol. The number of aromatic nitrogens is 2. The third-order valence-corrected chi connectivity index (χ3v) is 8.75. The Labute approximate surface area is 202 Å². The zero-order chi connectivity index (χ0) is 24.7. The van der Waals surface area contributed by atoms with Crippen molar-refractivity contribution in [2.45, 2.75) is 51.5 Å². The third kappa shape index (κ3) is 4.70. The first kappa shape index (κ1) is 24.3. The Bertz CT molecular complexity index is 1270. The lowest BCUT2D eigenvalue weighted by atomic mass is 9.86. The standard InChI is InChI=1S/C22H29N5O5S2/c1-14-10-11-16(33-14)19(22(2,3)4)24-21-20(25-32-27(21)29)23-15-8-7-9-17(18(15)28)34(30,31)26-12-5-6-13-26/h7-11,19,29H,5-6,12-13H2,1-4H3,(H2,23,24,25,28)/p+1/t19-/m0/s1. The Morgan fingerprint density at radius 2 is 1.91 bits per heavy atom. The minimum Gasteiger partial charge on any atom is -0.504 e. The van der Waals surface area contributed by atoms with E-state index >= 15 is 0 Å². The van der Waals surface area contributed by atoms with Crippen LogP contribution in [0.25, 0.3) is 0 Å². The molecule has 184 valence electrons. The highest BCUT2D eigenvalue weighted by molar-refractivity contribution is 7.89. The summed E-state index contributed by atoms with van der Waals surface area (Å²) in [6.07, 6.45) is 1.59. The molecule has 1 aliphatic rings. The molecule has 4 rings (SSSR count). The number of hydrogen-bond donors (Lipinski definition) is 4. The Morgan fingerprint density at radius 1 is 1.21 bits per heavy atom. The van der Waals surface area contributed by atoms with Crippen LogP contribution >= 0.6 is 11.3 Å². The fourth-order valence-corrected chi connectivity index (χ4v) is 6.74. The molecule has 0 radical (unpaired) electrons. The summed E-state index contributed by atoms with van der Waals surface area (Å²) in [6, 6.07) is 8.31. The second kappa shape index (κ2) is 9.08. The second-order valence-corrected chi connectivity index (χ2v) is 12.6. The van der Waals surface area contributed by atoms with Gasteiger partial charge in [0.1, 0.15) is 21.0 Å². The molecule has 0 unspecified atom stereocenters. The molecule has 0 saturated carbocycles. The zero-order valence-corrected chi connectivity index (χ0v) is 21.2. The zero-order valence-electron chi connectivity index (χ0n) is 19.6. The van der Waals surface area contributed by atoms with E-state index < -0.39 is 15.8 Å². The summed E-state index contributed by atoms with van der Waals surface area (Å²) in [5.41, 5.74) is -0.110. The number of nitrogens with zero attached hydrogens (tertiary/aromatic N) is 3. The van der Waals surface area contributed by atoms with E-state index in [1.165, 1.54) is 22.5 Å². The fraction of sp³-hybridized carbons (Fsp3) is 0.455. The molecular formula is C22H30N5O5S2+. The van der Waals surface area contributed by atoms with Crippen LogP contribution in [-0.4, -0.2) is 41.3 Å². The van der Waals surface area contributed by atoms with Gasteiger partial charge in [-0.2, -0.15) is 4.31 Å². The number of nitrogens with one attached hydrogen (secondary N) is 2. The molecule has 3 heterocycles. The van der Waals surface area contributed by atoms with Gasteiger partial charge in [0.15, 0.2) is 5.75 Å². The number of aryl methyl sites for hydroxylation is 1. The van der Waals surface area contributed by atoms with Crippen molar-refractivity contribution in [2.24, 2.45) is 5.41 Å². The van der Waals surface area contributed by atoms with E-state index in [9.17, 15) is 18.7 Å². The van der Waals surface area contributed by atoms with E-state index in [0.29, 0.717) is 18.0 Å². The van der Waals surface area contributed by atoms with Gasteiger partial charge in [0.25, 0.3) is 0 Å². The van der Waals surface area contributed by atoms with E-state index in [0.717, 1.165) is 22.6 Å². The summed E-state index contributed by atoms with van der Waals surface area (Å²) in [6.45, 7) is 9.09. The number of rotatable bonds is 7. The average Bonchev–Trinajstić information content (AvgIpc) is 3.50. The van der Waals surface area contributed by atoms with E-state index in [4.69, 9.17) is 4.63 Å². The quantitative estimate of drug-likeness (QED) is 0.278. The van der Waals surface area contributed by atoms with Crippen LogP contribution in [-0.2, 0) is 10.0 Å². The number of aromatic hydroxyl groups is 1. The number of anilines is 3. The molecule has 12 heteroatoms. The summed E-state index contributed by atoms with van der Waals surface area (Å²) in [5.74, 6) is -0.191. The molecule has 2 aromatic heterocycles. The highest BCUT2D eigenvalue weighted by Crippen LogP contribution is 2.41. The third-order valence-electron chi connectivity index (χ3n) is 5.75. The minimum atomic E-state index is -3.83. The van der Waals surface area contributed by atoms with Crippen LogP contribution in [0.4, 0.5) is 17.3 Å². The van der Waals surface area contributed by atoms with Gasteiger partial charge >= 0.3 is 11.6 Å². The van der Waals surface area contributed by atoms with Crippen LogP contribution in [0, 0.1) is 12.3 Å². The number of thiophene rings is 1. The van der Waals surface area contributed by atoms with Crippen LogP contribution in [0.2, 0.25) is 0 Å². The lowest BCUT2D eigenvalue weighted by molar-refractivity contribution is -1.03. The lowest BCUT2D eigenvalue weighted by Gasteiger charge is -2.27. The van der Waals surface area contributed by atoms with Gasteiger partial charge in [-0.25, -0.2) is 8.42 Å². The normalized spacial score (nSPS) is 16.0. The maximum atomic E-state index is 13.0. The van der Waals surface area contributed by atoms with Gasteiger partial charge in [-0.1, -0.05) is 31.5 Å². The van der Waals surface area contributed by atoms with Crippen LogP contribution < -0.4 is 15.5 Å². The van der Waals surface area contributed by atoms with Crippen molar-refractivity contribution in [2.75, 3.05) is 23.7 Å². The molecule has 10 nitrogen and oxygen atoms in total. The SMILES string of the molecule is Cc1ccc([C@H](Nc2c(Nc3cccc(S(=O)(=O)N4CCCC4)c3O)no[n+]2O)C(C)(C)C)s1. The van der Waals surface area contributed by atoms with Crippen molar-refractivity contribution < 1.29 is 28.3 Å². The minimum absolute atomic E-state index is 0.0936. The predicted molar refractivity (Wildman–Crippen MR) is 128 cm³/mol. The van der Waals surface area contributed by atoms with Gasteiger partial charge in [-0.15, -0.1) is 11.3 Å². The molecule has 3 aromatic rings. The summed E-state index contributed by atoms with van der Waals surface area (Å²) < 4.78 is 32.3. The number of phenolic OH excluding ortho intramolecular Hbond substituents is 1. The summed E-state index contributed by atoms with van der Waals surface area (Å²) in [7, 11) is -3.83. The van der Waals surface area contributed by atoms with Gasteiger partial charge in [0.05, 0.1) is 5.69 Å². The molecule has 34 heavy (non-hydrogen) atoms. The van der Waals surface area contributed by atoms with Gasteiger partial charge in [-0.3, -0.25) is 5.32 Å². The van der Waals surface area contributed by atoms with Crippen molar-refractivity contribution in [1.29, 1.82) is 0 Å². The molecule has 0 spiro atoms. The first-order chi connectivity index (χ1) is 16.0. The Morgan fingerprint density at radius 3 is 2.53 bits per heavy atom. The Hall–Kier alpha value is -2.83. The topological polar surface area (TPSA) is 132 Å². The number of benzene rings is 1. The Balaban J connectivity index is 1.66. The van der Waals surface area contributed by atoms with Crippen molar-refractivity contribution in [3.8, 4) is 5.75 Å². The van der Waals surface area contributed by atoms with E-state index in [1.807, 2.05) is 19.1 Å². The first-order valence-electron chi connectivity index (χ1n) is 11.0. The van der Waals surface area contributed by atoms with Gasteiger partial charge in [0.2, 0.25) is 10.0 Å². The number of hydrogen-bond acceptors (Lipinski definition) is 9. The maximum Gasteiger partial charge on any atom is 0.366 e. The van der Waals surface area contributed by atoms with Gasteiger partial charge < -0.3 is 15.6 Å². The average molecular weight is 509 g/mol. The van der Waals surface area contributed by atoms with E-state index in [-0.39, 0.29) is 33.7 Å². The van der Waals surface area contributed by atoms with Crippen LogP contribution in [0.5, 0.6) is 5.75 Å². The highest BCUT2D eigenvalue weighted by atomic mass is 32.2. The van der Waals surface area contributed by atoms with Gasteiger partial charge in [-0.05, 0) is 44.0 Å². The molecule has 1 atom stereocenters. The van der Waals surface area contributed by atoms with Crippen molar-refractivity contribution in [3.63, 3.8) is 0 Å². The number of sulfonamides is 1. The molecule has 0 amide bonds. The summed E-state index contributed by atoms with van der Waals surface area (Å²) in [4.78, 5) is 2.55. The number of phenols is 1. The first-order valence-corrected chi connectivity index (χ1v) is 13.3. The molecule has 0 aliphatic carbocycles. The molecule has 1 fully saturated rings. The molecule has 4 N–H and O–H groups in total. The predicted octanol–water partition coefficient (Wildman–Crippen LogP) is 4.00. The van der Waals surface area contributed by atoms with Crippen molar-refractivity contribution in [3.05, 3.63) is 40.1 Å². The molecule has 1 aliphatic heterocycles. The van der Waals surface area contributed by atoms with E-state index in [2.05, 4.69) is 36.6 Å². The van der Waals surface area contributed by atoms with Crippen LogP contribution in [0.3, 0.4) is 0 Å². The second-order valence-electron chi connectivity index (χ2n) is 9.42. The van der Waals surface area contributed by atoms with Crippen LogP contribution in [0.15, 0.2) is 39.9 Å². The lowest BCUT2D eigenvalue weighted by Crippen LogP contribution is -2.35. The largest absolute Gasteiger partial charge is 0.504 e. The highest BCUT2D eigenvalue weighted by Gasteiger charge is 2.36. The summed E-state index contributed by atoms with van der Waals surface area (Å²) >= 11 is 1.64. The van der Waals surface area contributed by atoms with Crippen molar-refractivity contribution in [1.82, 2.24) is 9.46 Å². The van der Waals surface area contributed by atoms with E-state index in [1.54, 1.807) is 11.3 Å². The molecule has 0 bridgehead atoms. The summed E-state index contributed by atoms with van der Waals surface area (Å²) in [5, 5.41) is 31.2. The van der Waals surface area contributed by atoms with Crippen molar-refractivity contribution >= 4 is 38.7 Å². The maximum absolute atomic E-state index is 13.0. The smallest absolute Gasteiger partial charge is 0.366 e. The Kier molecular flexibility index (Phi) is 6.49. The molecule has 1 saturated heterocycles. The van der Waals surface area contributed by atoms with Gasteiger partial charge in [0, 0.05) is 28.3 Å².